The SMILES string of the molecule is CCNc1cc(S(=O)(=O)N2CCNC(=O)C2C)ccn1. The standard InChI is InChI=1S/C12H18N4O3S/c1-3-13-11-8-10(4-5-14-11)20(18,19)16-7-6-15-12(17)9(16)2/h4-5,8-9H,3,6-7H2,1-2H3,(H,13,14)(H,15,17). The van der Waals surface area contributed by atoms with Crippen LogP contribution in [0.4, 0.5) is 5.82 Å². The molecule has 0 spiro atoms. The van der Waals surface area contributed by atoms with Crippen molar-refractivity contribution in [2.75, 3.05) is 25.0 Å². The zero-order valence-corrected chi connectivity index (χ0v) is 12.3. The van der Waals surface area contributed by atoms with Gasteiger partial charge >= 0.3 is 0 Å². The molecule has 1 atom stereocenters. The van der Waals surface area contributed by atoms with Gasteiger partial charge in [0, 0.05) is 31.9 Å². The van der Waals surface area contributed by atoms with Gasteiger partial charge in [-0.1, -0.05) is 0 Å². The van der Waals surface area contributed by atoms with Crippen molar-refractivity contribution in [3.05, 3.63) is 18.3 Å². The van der Waals surface area contributed by atoms with E-state index in [9.17, 15) is 13.2 Å². The number of sulfonamides is 1. The smallest absolute Gasteiger partial charge is 0.244 e. The average molecular weight is 298 g/mol. The van der Waals surface area contributed by atoms with Gasteiger partial charge in [-0.25, -0.2) is 13.4 Å². The summed E-state index contributed by atoms with van der Waals surface area (Å²) in [5, 5.41) is 5.62. The van der Waals surface area contributed by atoms with E-state index in [4.69, 9.17) is 0 Å². The predicted octanol–water partition coefficient (Wildman–Crippen LogP) is 0.0224. The summed E-state index contributed by atoms with van der Waals surface area (Å²) in [4.78, 5) is 15.8. The number of hydrogen-bond donors (Lipinski definition) is 2. The molecule has 1 saturated heterocycles. The van der Waals surface area contributed by atoms with Crippen molar-refractivity contribution < 1.29 is 13.2 Å². The molecule has 110 valence electrons. The van der Waals surface area contributed by atoms with Crippen molar-refractivity contribution in [3.63, 3.8) is 0 Å². The van der Waals surface area contributed by atoms with E-state index >= 15 is 0 Å². The fourth-order valence-corrected chi connectivity index (χ4v) is 3.68. The molecule has 0 aromatic carbocycles. The van der Waals surface area contributed by atoms with Gasteiger partial charge in [0.2, 0.25) is 15.9 Å². The van der Waals surface area contributed by atoms with Gasteiger partial charge < -0.3 is 10.6 Å². The second-order valence-corrected chi connectivity index (χ2v) is 6.38. The number of amides is 1. The summed E-state index contributed by atoms with van der Waals surface area (Å²) in [5.41, 5.74) is 0. The Morgan fingerprint density at radius 1 is 1.55 bits per heavy atom. The van der Waals surface area contributed by atoms with Crippen LogP contribution < -0.4 is 10.6 Å². The molecule has 20 heavy (non-hydrogen) atoms. The molecular weight excluding hydrogens is 280 g/mol. The monoisotopic (exact) mass is 298 g/mol. The molecule has 0 radical (unpaired) electrons. The molecule has 2 heterocycles. The number of nitrogens with one attached hydrogen (secondary N) is 2. The molecule has 1 amide bonds. The summed E-state index contributed by atoms with van der Waals surface area (Å²) >= 11 is 0. The van der Waals surface area contributed by atoms with Crippen LogP contribution in [0.25, 0.3) is 0 Å². The van der Waals surface area contributed by atoms with E-state index in [1.54, 1.807) is 6.92 Å². The number of aromatic nitrogens is 1. The second-order valence-electron chi connectivity index (χ2n) is 4.49. The van der Waals surface area contributed by atoms with Crippen LogP contribution in [0.15, 0.2) is 23.2 Å². The Kier molecular flexibility index (Phi) is 4.24. The van der Waals surface area contributed by atoms with Gasteiger partial charge in [0.25, 0.3) is 0 Å². The van der Waals surface area contributed by atoms with Crippen LogP contribution in [0.2, 0.25) is 0 Å². The number of carbonyl (C=O) groups is 1. The van der Waals surface area contributed by atoms with Gasteiger partial charge in [0.15, 0.2) is 0 Å². The molecule has 1 fully saturated rings. The van der Waals surface area contributed by atoms with Crippen molar-refractivity contribution in [2.24, 2.45) is 0 Å². The maximum atomic E-state index is 12.6. The lowest BCUT2D eigenvalue weighted by Crippen LogP contribution is -2.55. The molecule has 7 nitrogen and oxygen atoms in total. The normalized spacial score (nSPS) is 20.5. The Morgan fingerprint density at radius 3 is 3.00 bits per heavy atom. The molecule has 0 aliphatic carbocycles. The maximum Gasteiger partial charge on any atom is 0.244 e. The molecule has 1 unspecified atom stereocenters. The third kappa shape index (κ3) is 2.75. The summed E-state index contributed by atoms with van der Waals surface area (Å²) in [5.74, 6) is 0.225. The van der Waals surface area contributed by atoms with Gasteiger partial charge in [0.1, 0.15) is 11.9 Å². The van der Waals surface area contributed by atoms with Crippen molar-refractivity contribution in [1.82, 2.24) is 14.6 Å². The molecule has 1 aromatic rings. The van der Waals surface area contributed by atoms with Gasteiger partial charge in [-0.05, 0) is 19.9 Å². The van der Waals surface area contributed by atoms with E-state index in [-0.39, 0.29) is 17.3 Å². The molecule has 1 aliphatic heterocycles. The molecule has 2 rings (SSSR count). The minimum atomic E-state index is -3.69. The quantitative estimate of drug-likeness (QED) is 0.818. The van der Waals surface area contributed by atoms with Crippen LogP contribution >= 0.6 is 0 Å². The highest BCUT2D eigenvalue weighted by molar-refractivity contribution is 7.89. The van der Waals surface area contributed by atoms with E-state index in [0.29, 0.717) is 18.9 Å². The summed E-state index contributed by atoms with van der Waals surface area (Å²) < 4.78 is 26.4. The molecular formula is C12H18N4O3S. The van der Waals surface area contributed by atoms with Crippen molar-refractivity contribution >= 4 is 21.7 Å². The van der Waals surface area contributed by atoms with E-state index in [1.165, 1.54) is 22.6 Å². The summed E-state index contributed by atoms with van der Waals surface area (Å²) in [6, 6.07) is 2.22. The van der Waals surface area contributed by atoms with Crippen LogP contribution in [0.5, 0.6) is 0 Å². The van der Waals surface area contributed by atoms with Crippen LogP contribution in [0, 0.1) is 0 Å². The number of anilines is 1. The third-order valence-electron chi connectivity index (χ3n) is 3.14. The summed E-state index contributed by atoms with van der Waals surface area (Å²) in [6.07, 6.45) is 1.44. The fraction of sp³-hybridized carbons (Fsp3) is 0.500. The topological polar surface area (TPSA) is 91.4 Å². The maximum absolute atomic E-state index is 12.6. The van der Waals surface area contributed by atoms with Crippen LogP contribution in [-0.2, 0) is 14.8 Å². The molecule has 8 heteroatoms. The lowest BCUT2D eigenvalue weighted by atomic mass is 10.2. The third-order valence-corrected chi connectivity index (χ3v) is 5.10. The Balaban J connectivity index is 2.34. The molecule has 1 aromatic heterocycles. The summed E-state index contributed by atoms with van der Waals surface area (Å²) in [6.45, 7) is 4.74. The fourth-order valence-electron chi connectivity index (χ4n) is 2.07. The van der Waals surface area contributed by atoms with Gasteiger partial charge in [-0.15, -0.1) is 0 Å². The molecule has 2 N–H and O–H groups in total. The first-order chi connectivity index (χ1) is 9.46. The first-order valence-electron chi connectivity index (χ1n) is 6.46. The van der Waals surface area contributed by atoms with E-state index in [1.807, 2.05) is 6.92 Å². The van der Waals surface area contributed by atoms with Crippen molar-refractivity contribution in [2.45, 2.75) is 24.8 Å². The van der Waals surface area contributed by atoms with Crippen LogP contribution in [0.1, 0.15) is 13.8 Å². The number of piperazine rings is 1. The van der Waals surface area contributed by atoms with Crippen molar-refractivity contribution in [3.8, 4) is 0 Å². The highest BCUT2D eigenvalue weighted by Crippen LogP contribution is 2.21. The Hall–Kier alpha value is -1.67. The minimum Gasteiger partial charge on any atom is -0.370 e. The highest BCUT2D eigenvalue weighted by atomic mass is 32.2. The Bertz CT molecular complexity index is 602. The largest absolute Gasteiger partial charge is 0.370 e. The van der Waals surface area contributed by atoms with Gasteiger partial charge in [-0.3, -0.25) is 4.79 Å². The first kappa shape index (κ1) is 14.7. The number of pyridine rings is 1. The highest BCUT2D eigenvalue weighted by Gasteiger charge is 2.35. The number of carbonyl (C=O) groups excluding carboxylic acids is 1. The van der Waals surface area contributed by atoms with Crippen molar-refractivity contribution in [1.29, 1.82) is 0 Å². The minimum absolute atomic E-state index is 0.144. The number of nitrogens with zero attached hydrogens (tertiary/aromatic N) is 2. The first-order valence-corrected chi connectivity index (χ1v) is 7.90. The van der Waals surface area contributed by atoms with E-state index in [2.05, 4.69) is 15.6 Å². The lowest BCUT2D eigenvalue weighted by Gasteiger charge is -2.31. The van der Waals surface area contributed by atoms with E-state index in [0.717, 1.165) is 0 Å². The molecule has 0 bridgehead atoms. The molecule has 0 saturated carbocycles. The summed E-state index contributed by atoms with van der Waals surface area (Å²) in [7, 11) is -3.69. The number of hydrogen-bond acceptors (Lipinski definition) is 5. The number of rotatable bonds is 4. The predicted molar refractivity (Wildman–Crippen MR) is 74.8 cm³/mol. The van der Waals surface area contributed by atoms with Gasteiger partial charge in [0.05, 0.1) is 4.90 Å². The second kappa shape index (κ2) is 5.76. The van der Waals surface area contributed by atoms with Crippen LogP contribution in [0.3, 0.4) is 0 Å². The Labute approximate surface area is 118 Å². The zero-order valence-electron chi connectivity index (χ0n) is 11.5. The zero-order chi connectivity index (χ0) is 14.8. The average Bonchev–Trinajstić information content (AvgIpc) is 2.42. The Morgan fingerprint density at radius 2 is 2.30 bits per heavy atom. The lowest BCUT2D eigenvalue weighted by molar-refractivity contribution is -0.126. The molecule has 1 aliphatic rings. The van der Waals surface area contributed by atoms with Crippen LogP contribution in [-0.4, -0.2) is 49.3 Å². The van der Waals surface area contributed by atoms with Gasteiger partial charge in [-0.2, -0.15) is 4.31 Å². The van der Waals surface area contributed by atoms with E-state index < -0.39 is 16.1 Å².